The van der Waals surface area contributed by atoms with Crippen LogP contribution in [-0.4, -0.2) is 9.55 Å². The van der Waals surface area contributed by atoms with Gasteiger partial charge in [-0.1, -0.05) is 61.0 Å². The number of imidazole rings is 1. The SMILES string of the molecule is c1ccc(-c2ccc(-c3cnc4n3CCCCC4)cc2)cc1. The first kappa shape index (κ1) is 13.3. The largest absolute Gasteiger partial charge is 0.328 e. The van der Waals surface area contributed by atoms with Crippen LogP contribution >= 0.6 is 0 Å². The molecule has 22 heavy (non-hydrogen) atoms. The normalized spacial score (nSPS) is 14.4. The molecular weight excluding hydrogens is 268 g/mol. The maximum absolute atomic E-state index is 4.64. The molecule has 1 aromatic heterocycles. The minimum atomic E-state index is 1.10. The number of fused-ring (bicyclic) bond motifs is 1. The van der Waals surface area contributed by atoms with Gasteiger partial charge < -0.3 is 4.57 Å². The van der Waals surface area contributed by atoms with E-state index in [0.717, 1.165) is 13.0 Å². The lowest BCUT2D eigenvalue weighted by Crippen LogP contribution is -2.02. The molecule has 0 radical (unpaired) electrons. The van der Waals surface area contributed by atoms with Gasteiger partial charge in [0.25, 0.3) is 0 Å². The van der Waals surface area contributed by atoms with E-state index in [1.54, 1.807) is 0 Å². The van der Waals surface area contributed by atoms with E-state index in [0.29, 0.717) is 0 Å². The zero-order valence-corrected chi connectivity index (χ0v) is 12.7. The van der Waals surface area contributed by atoms with Crippen molar-refractivity contribution in [1.82, 2.24) is 9.55 Å². The third-order valence-electron chi connectivity index (χ3n) is 4.51. The molecule has 1 aliphatic heterocycles. The van der Waals surface area contributed by atoms with Crippen molar-refractivity contribution < 1.29 is 0 Å². The molecule has 0 aliphatic carbocycles. The number of benzene rings is 2. The first-order valence-corrected chi connectivity index (χ1v) is 8.12. The molecule has 3 aromatic rings. The topological polar surface area (TPSA) is 17.8 Å². The summed E-state index contributed by atoms with van der Waals surface area (Å²) in [5.74, 6) is 1.25. The second kappa shape index (κ2) is 5.80. The van der Waals surface area contributed by atoms with E-state index < -0.39 is 0 Å². The summed E-state index contributed by atoms with van der Waals surface area (Å²) in [7, 11) is 0. The van der Waals surface area contributed by atoms with E-state index in [2.05, 4.69) is 64.1 Å². The van der Waals surface area contributed by atoms with Gasteiger partial charge in [-0.05, 0) is 29.5 Å². The van der Waals surface area contributed by atoms with Gasteiger partial charge >= 0.3 is 0 Å². The predicted octanol–water partition coefficient (Wildman–Crippen LogP) is 4.94. The molecule has 0 unspecified atom stereocenters. The summed E-state index contributed by atoms with van der Waals surface area (Å²) in [6.45, 7) is 1.10. The quantitative estimate of drug-likeness (QED) is 0.653. The Hall–Kier alpha value is -2.35. The third-order valence-corrected chi connectivity index (χ3v) is 4.51. The van der Waals surface area contributed by atoms with E-state index in [1.807, 2.05) is 6.20 Å². The van der Waals surface area contributed by atoms with Gasteiger partial charge in [0, 0.05) is 13.0 Å². The fourth-order valence-corrected chi connectivity index (χ4v) is 3.29. The summed E-state index contributed by atoms with van der Waals surface area (Å²) < 4.78 is 2.41. The van der Waals surface area contributed by atoms with Gasteiger partial charge in [-0.25, -0.2) is 4.98 Å². The standard InChI is InChI=1S/C20H20N2/c1-3-7-16(8-4-1)17-10-12-18(13-11-17)19-15-21-20-9-5-2-6-14-22(19)20/h1,3-4,7-8,10-13,15H,2,5-6,9,14H2. The second-order valence-electron chi connectivity index (χ2n) is 5.97. The van der Waals surface area contributed by atoms with Crippen molar-refractivity contribution in [2.24, 2.45) is 0 Å². The molecule has 2 heteroatoms. The number of hydrogen-bond acceptors (Lipinski definition) is 1. The predicted molar refractivity (Wildman–Crippen MR) is 90.7 cm³/mol. The van der Waals surface area contributed by atoms with Crippen LogP contribution in [0.5, 0.6) is 0 Å². The van der Waals surface area contributed by atoms with Crippen molar-refractivity contribution >= 4 is 0 Å². The van der Waals surface area contributed by atoms with Crippen molar-refractivity contribution in [3.05, 3.63) is 66.6 Å². The van der Waals surface area contributed by atoms with Crippen LogP contribution in [0.1, 0.15) is 25.1 Å². The van der Waals surface area contributed by atoms with E-state index in [4.69, 9.17) is 0 Å². The molecule has 0 saturated carbocycles. The van der Waals surface area contributed by atoms with E-state index in [9.17, 15) is 0 Å². The van der Waals surface area contributed by atoms with Gasteiger partial charge in [0.05, 0.1) is 11.9 Å². The Balaban J connectivity index is 1.68. The molecular formula is C20H20N2. The van der Waals surface area contributed by atoms with Crippen molar-refractivity contribution in [3.63, 3.8) is 0 Å². The van der Waals surface area contributed by atoms with E-state index in [-0.39, 0.29) is 0 Å². The first-order chi connectivity index (χ1) is 10.9. The second-order valence-corrected chi connectivity index (χ2v) is 5.97. The van der Waals surface area contributed by atoms with Gasteiger partial charge in [0.1, 0.15) is 5.82 Å². The molecule has 0 N–H and O–H groups in total. The van der Waals surface area contributed by atoms with Crippen LogP contribution in [0.15, 0.2) is 60.8 Å². The van der Waals surface area contributed by atoms with Crippen molar-refractivity contribution in [2.45, 2.75) is 32.2 Å². The average molecular weight is 288 g/mol. The molecule has 110 valence electrons. The van der Waals surface area contributed by atoms with Gasteiger partial charge in [0.15, 0.2) is 0 Å². The minimum absolute atomic E-state index is 1.10. The Morgan fingerprint density at radius 3 is 2.27 bits per heavy atom. The molecule has 2 aromatic carbocycles. The molecule has 1 aliphatic rings. The lowest BCUT2D eigenvalue weighted by Gasteiger charge is -2.10. The van der Waals surface area contributed by atoms with Crippen LogP contribution < -0.4 is 0 Å². The Morgan fingerprint density at radius 2 is 1.45 bits per heavy atom. The molecule has 0 amide bonds. The smallest absolute Gasteiger partial charge is 0.109 e. The molecule has 0 bridgehead atoms. The van der Waals surface area contributed by atoms with Crippen LogP contribution in [0.4, 0.5) is 0 Å². The minimum Gasteiger partial charge on any atom is -0.328 e. The van der Waals surface area contributed by atoms with Gasteiger partial charge in [-0.2, -0.15) is 0 Å². The van der Waals surface area contributed by atoms with E-state index >= 15 is 0 Å². The zero-order valence-electron chi connectivity index (χ0n) is 12.7. The molecule has 0 saturated heterocycles. The lowest BCUT2D eigenvalue weighted by molar-refractivity contribution is 0.638. The molecule has 0 fully saturated rings. The van der Waals surface area contributed by atoms with Gasteiger partial charge in [-0.3, -0.25) is 0 Å². The summed E-state index contributed by atoms with van der Waals surface area (Å²) in [6.07, 6.45) is 7.00. The van der Waals surface area contributed by atoms with Crippen LogP contribution in [0.2, 0.25) is 0 Å². The highest BCUT2D eigenvalue weighted by molar-refractivity contribution is 5.68. The van der Waals surface area contributed by atoms with E-state index in [1.165, 1.54) is 47.5 Å². The fraction of sp³-hybridized carbons (Fsp3) is 0.250. The maximum Gasteiger partial charge on any atom is 0.109 e. The summed E-state index contributed by atoms with van der Waals surface area (Å²) >= 11 is 0. The number of nitrogens with zero attached hydrogens (tertiary/aromatic N) is 2. The maximum atomic E-state index is 4.64. The van der Waals surface area contributed by atoms with Crippen LogP contribution in [-0.2, 0) is 13.0 Å². The number of hydrogen-bond donors (Lipinski definition) is 0. The Kier molecular flexibility index (Phi) is 3.51. The molecule has 4 rings (SSSR count). The van der Waals surface area contributed by atoms with Crippen molar-refractivity contribution in [3.8, 4) is 22.4 Å². The van der Waals surface area contributed by atoms with Crippen LogP contribution in [0.25, 0.3) is 22.4 Å². The summed E-state index contributed by atoms with van der Waals surface area (Å²) in [5.41, 5.74) is 5.05. The summed E-state index contributed by atoms with van der Waals surface area (Å²) in [6, 6.07) is 19.4. The molecule has 0 atom stereocenters. The van der Waals surface area contributed by atoms with Crippen LogP contribution in [0.3, 0.4) is 0 Å². The summed E-state index contributed by atoms with van der Waals surface area (Å²) in [4.78, 5) is 4.64. The first-order valence-electron chi connectivity index (χ1n) is 8.12. The molecule has 0 spiro atoms. The number of aryl methyl sites for hydroxylation is 1. The molecule has 2 nitrogen and oxygen atoms in total. The number of aromatic nitrogens is 2. The van der Waals surface area contributed by atoms with Gasteiger partial charge in [-0.15, -0.1) is 0 Å². The Labute approximate surface area is 131 Å². The van der Waals surface area contributed by atoms with Crippen LogP contribution in [0, 0.1) is 0 Å². The third kappa shape index (κ3) is 2.45. The Morgan fingerprint density at radius 1 is 0.727 bits per heavy atom. The highest BCUT2D eigenvalue weighted by Gasteiger charge is 2.14. The average Bonchev–Trinajstić information content (AvgIpc) is 2.84. The lowest BCUT2D eigenvalue weighted by atomic mass is 10.0. The highest BCUT2D eigenvalue weighted by Crippen LogP contribution is 2.27. The highest BCUT2D eigenvalue weighted by atomic mass is 15.1. The van der Waals surface area contributed by atoms with Crippen molar-refractivity contribution in [2.75, 3.05) is 0 Å². The van der Waals surface area contributed by atoms with Crippen molar-refractivity contribution in [1.29, 1.82) is 0 Å². The van der Waals surface area contributed by atoms with Gasteiger partial charge in [0.2, 0.25) is 0 Å². The zero-order chi connectivity index (χ0) is 14.8. The summed E-state index contributed by atoms with van der Waals surface area (Å²) in [5, 5.41) is 0. The monoisotopic (exact) mass is 288 g/mol. The fourth-order valence-electron chi connectivity index (χ4n) is 3.29. The Bertz CT molecular complexity index is 754. The molecule has 2 heterocycles. The number of rotatable bonds is 2.